The number of hydrogen-bond donors (Lipinski definition) is 0. The molecule has 5 nitrogen and oxygen atoms in total. The fraction of sp³-hybridized carbons (Fsp3) is 0.208. The number of halogens is 1. The van der Waals surface area contributed by atoms with Gasteiger partial charge in [-0.15, -0.1) is 11.8 Å². The van der Waals surface area contributed by atoms with Gasteiger partial charge < -0.3 is 4.74 Å². The first-order chi connectivity index (χ1) is 15.4. The zero-order valence-corrected chi connectivity index (χ0v) is 21.6. The lowest BCUT2D eigenvalue weighted by atomic mass is 9.96. The van der Waals surface area contributed by atoms with E-state index in [0.717, 1.165) is 19.6 Å². The molecule has 1 aliphatic heterocycles. The summed E-state index contributed by atoms with van der Waals surface area (Å²) < 4.78 is 8.66. The lowest BCUT2D eigenvalue weighted by Crippen LogP contribution is -2.39. The molecule has 4 rings (SSSR count). The summed E-state index contributed by atoms with van der Waals surface area (Å²) in [7, 11) is 0. The number of carbonyl (C=O) groups excluding carboxylic acids is 1. The summed E-state index contributed by atoms with van der Waals surface area (Å²) in [4.78, 5) is 32.7. The Hall–Kier alpha value is -2.17. The predicted molar refractivity (Wildman–Crippen MR) is 138 cm³/mol. The standard InChI is InChI=1S/C24H21IN2O3S2/c1-4-30-23(29)20-14(2)26-24-27(21(20)16-7-11-18(31-3)12-8-16)22(28)19(32-24)13-15-5-9-17(25)10-6-15/h5-13,21H,4H2,1-3H3/b19-13-/t21-/m1/s1. The van der Waals surface area contributed by atoms with E-state index in [-0.39, 0.29) is 12.2 Å². The van der Waals surface area contributed by atoms with Crippen molar-refractivity contribution in [2.24, 2.45) is 4.99 Å². The van der Waals surface area contributed by atoms with Gasteiger partial charge in [-0.25, -0.2) is 9.79 Å². The Kier molecular flexibility index (Phi) is 7.02. The quantitative estimate of drug-likeness (QED) is 0.261. The van der Waals surface area contributed by atoms with Gasteiger partial charge in [0.2, 0.25) is 0 Å². The minimum absolute atomic E-state index is 0.166. The van der Waals surface area contributed by atoms with Crippen LogP contribution in [0.1, 0.15) is 31.0 Å². The van der Waals surface area contributed by atoms with Crippen molar-refractivity contribution < 1.29 is 9.53 Å². The van der Waals surface area contributed by atoms with E-state index in [1.165, 1.54) is 11.3 Å². The highest BCUT2D eigenvalue weighted by Crippen LogP contribution is 2.31. The van der Waals surface area contributed by atoms with Crippen LogP contribution in [0, 0.1) is 3.57 Å². The summed E-state index contributed by atoms with van der Waals surface area (Å²) in [5.41, 5.74) is 2.60. The third-order valence-electron chi connectivity index (χ3n) is 5.12. The molecule has 1 aromatic heterocycles. The molecule has 0 amide bonds. The van der Waals surface area contributed by atoms with Crippen LogP contribution in [0.5, 0.6) is 0 Å². The molecule has 8 heteroatoms. The number of benzene rings is 2. The second-order valence-corrected chi connectivity index (χ2v) is 10.3. The number of hydrogen-bond acceptors (Lipinski definition) is 6. The van der Waals surface area contributed by atoms with Crippen molar-refractivity contribution in [2.45, 2.75) is 24.8 Å². The summed E-state index contributed by atoms with van der Waals surface area (Å²) in [6.07, 6.45) is 3.88. The number of rotatable bonds is 5. The van der Waals surface area contributed by atoms with Gasteiger partial charge in [0.15, 0.2) is 4.80 Å². The number of aromatic nitrogens is 1. The van der Waals surface area contributed by atoms with Crippen LogP contribution in [0.3, 0.4) is 0 Å². The van der Waals surface area contributed by atoms with E-state index in [1.807, 2.05) is 60.9 Å². The first kappa shape index (κ1) is 23.0. The Labute approximate surface area is 207 Å². The molecule has 32 heavy (non-hydrogen) atoms. The highest BCUT2D eigenvalue weighted by Gasteiger charge is 2.33. The smallest absolute Gasteiger partial charge is 0.338 e. The lowest BCUT2D eigenvalue weighted by Gasteiger charge is -2.24. The van der Waals surface area contributed by atoms with Gasteiger partial charge in [-0.1, -0.05) is 35.6 Å². The van der Waals surface area contributed by atoms with Gasteiger partial charge in [0.25, 0.3) is 5.56 Å². The molecular weight excluding hydrogens is 555 g/mol. The molecule has 0 radical (unpaired) electrons. The third kappa shape index (κ3) is 4.49. The minimum Gasteiger partial charge on any atom is -0.463 e. The second-order valence-electron chi connectivity index (χ2n) is 7.13. The van der Waals surface area contributed by atoms with Crippen LogP contribution >= 0.6 is 45.7 Å². The van der Waals surface area contributed by atoms with Crippen LogP contribution in [0.2, 0.25) is 0 Å². The van der Waals surface area contributed by atoms with Crippen molar-refractivity contribution in [1.29, 1.82) is 0 Å². The Balaban J connectivity index is 1.93. The summed E-state index contributed by atoms with van der Waals surface area (Å²) in [5.74, 6) is -0.445. The molecule has 0 fully saturated rings. The average molecular weight is 576 g/mol. The average Bonchev–Trinajstić information content (AvgIpc) is 3.09. The van der Waals surface area contributed by atoms with E-state index in [2.05, 4.69) is 27.6 Å². The summed E-state index contributed by atoms with van der Waals surface area (Å²) >= 11 is 5.23. The number of allylic oxidation sites excluding steroid dienone is 1. The Morgan fingerprint density at radius 3 is 2.53 bits per heavy atom. The van der Waals surface area contributed by atoms with E-state index in [0.29, 0.717) is 20.6 Å². The van der Waals surface area contributed by atoms with Gasteiger partial charge in [-0.2, -0.15) is 0 Å². The maximum absolute atomic E-state index is 13.5. The second kappa shape index (κ2) is 9.76. The number of thiazole rings is 1. The molecule has 2 heterocycles. The summed E-state index contributed by atoms with van der Waals surface area (Å²) in [6, 6.07) is 15.3. The Morgan fingerprint density at radius 1 is 1.22 bits per heavy atom. The molecule has 0 saturated carbocycles. The predicted octanol–water partition coefficient (Wildman–Crippen LogP) is 4.12. The van der Waals surface area contributed by atoms with Crippen molar-refractivity contribution >= 4 is 57.7 Å². The van der Waals surface area contributed by atoms with Crippen molar-refractivity contribution in [3.8, 4) is 0 Å². The van der Waals surface area contributed by atoms with Crippen molar-refractivity contribution in [3.63, 3.8) is 0 Å². The van der Waals surface area contributed by atoms with Gasteiger partial charge in [0.05, 0.1) is 28.5 Å². The number of fused-ring (bicyclic) bond motifs is 1. The highest BCUT2D eigenvalue weighted by molar-refractivity contribution is 14.1. The van der Waals surface area contributed by atoms with Crippen LogP contribution in [-0.2, 0) is 9.53 Å². The molecule has 1 atom stereocenters. The van der Waals surface area contributed by atoms with Gasteiger partial charge in [-0.05, 0) is 84.2 Å². The molecule has 0 saturated heterocycles. The van der Waals surface area contributed by atoms with Crippen LogP contribution in [0.15, 0.2) is 74.5 Å². The molecular formula is C24H21IN2O3S2. The van der Waals surface area contributed by atoms with Crippen LogP contribution < -0.4 is 14.9 Å². The topological polar surface area (TPSA) is 60.7 Å². The fourth-order valence-electron chi connectivity index (χ4n) is 3.60. The van der Waals surface area contributed by atoms with Crippen LogP contribution in [0.25, 0.3) is 6.08 Å². The van der Waals surface area contributed by atoms with E-state index in [4.69, 9.17) is 4.74 Å². The van der Waals surface area contributed by atoms with Crippen molar-refractivity contribution in [1.82, 2.24) is 4.57 Å². The molecule has 164 valence electrons. The van der Waals surface area contributed by atoms with Gasteiger partial charge >= 0.3 is 5.97 Å². The van der Waals surface area contributed by atoms with Gasteiger partial charge in [0.1, 0.15) is 0 Å². The van der Waals surface area contributed by atoms with Gasteiger partial charge in [0, 0.05) is 8.47 Å². The molecule has 0 spiro atoms. The monoisotopic (exact) mass is 576 g/mol. The normalized spacial score (nSPS) is 16.0. The Bertz CT molecular complexity index is 1370. The van der Waals surface area contributed by atoms with Crippen molar-refractivity contribution in [2.75, 3.05) is 12.9 Å². The first-order valence-electron chi connectivity index (χ1n) is 10.0. The minimum atomic E-state index is -0.583. The molecule has 0 unspecified atom stereocenters. The van der Waals surface area contributed by atoms with Crippen LogP contribution in [-0.4, -0.2) is 23.4 Å². The lowest BCUT2D eigenvalue weighted by molar-refractivity contribution is -0.139. The molecule has 0 aliphatic carbocycles. The molecule has 3 aromatic rings. The Morgan fingerprint density at radius 2 is 1.91 bits per heavy atom. The molecule has 0 bridgehead atoms. The number of ether oxygens (including phenoxy) is 1. The van der Waals surface area contributed by atoms with E-state index in [9.17, 15) is 9.59 Å². The maximum Gasteiger partial charge on any atom is 0.338 e. The first-order valence-corrected chi connectivity index (χ1v) is 13.1. The number of carbonyl (C=O) groups is 1. The van der Waals surface area contributed by atoms with E-state index >= 15 is 0 Å². The van der Waals surface area contributed by atoms with E-state index in [1.54, 1.807) is 30.2 Å². The number of esters is 1. The molecule has 0 N–H and O–H groups in total. The highest BCUT2D eigenvalue weighted by atomic mass is 127. The zero-order chi connectivity index (χ0) is 22.8. The number of thioether (sulfide) groups is 1. The summed E-state index contributed by atoms with van der Waals surface area (Å²) in [5, 5.41) is 0. The van der Waals surface area contributed by atoms with Crippen LogP contribution in [0.4, 0.5) is 0 Å². The zero-order valence-electron chi connectivity index (χ0n) is 17.8. The SMILES string of the molecule is CCOC(=O)C1=C(C)N=c2s/c(=C\c3ccc(I)cc3)c(=O)n2[C@@H]1c1ccc(SC)cc1. The summed E-state index contributed by atoms with van der Waals surface area (Å²) in [6.45, 7) is 3.82. The molecule has 2 aromatic carbocycles. The molecule has 1 aliphatic rings. The largest absolute Gasteiger partial charge is 0.463 e. The maximum atomic E-state index is 13.5. The van der Waals surface area contributed by atoms with E-state index < -0.39 is 12.0 Å². The third-order valence-corrected chi connectivity index (χ3v) is 7.56. The number of nitrogens with zero attached hydrogens (tertiary/aromatic N) is 2. The fourth-order valence-corrected chi connectivity index (χ4v) is 5.42. The van der Waals surface area contributed by atoms with Crippen molar-refractivity contribution in [3.05, 3.63) is 94.2 Å². The van der Waals surface area contributed by atoms with Gasteiger partial charge in [-0.3, -0.25) is 9.36 Å².